The van der Waals surface area contributed by atoms with Crippen molar-refractivity contribution in [2.75, 3.05) is 0 Å². The summed E-state index contributed by atoms with van der Waals surface area (Å²) < 4.78 is 7.28. The van der Waals surface area contributed by atoms with Crippen molar-refractivity contribution >= 4 is 0 Å². The highest BCUT2D eigenvalue weighted by molar-refractivity contribution is 5.89. The average molecular weight is 503 g/mol. The molecular formula is C38H30O. The molecule has 0 radical (unpaired) electrons. The first-order valence-electron chi connectivity index (χ1n) is 13.4. The van der Waals surface area contributed by atoms with Crippen molar-refractivity contribution in [2.45, 2.75) is 13.8 Å². The quantitative estimate of drug-likeness (QED) is 0.220. The molecule has 0 aliphatic rings. The van der Waals surface area contributed by atoms with Crippen LogP contribution in [0.5, 0.6) is 11.5 Å². The Labute approximate surface area is 231 Å². The lowest BCUT2D eigenvalue weighted by Crippen LogP contribution is -1.99. The van der Waals surface area contributed by atoms with Crippen LogP contribution in [0.4, 0.5) is 0 Å². The Morgan fingerprint density at radius 3 is 0.974 bits per heavy atom. The fourth-order valence-corrected chi connectivity index (χ4v) is 5.29. The van der Waals surface area contributed by atoms with Crippen molar-refractivity contribution in [3.63, 3.8) is 0 Å². The third-order valence-electron chi connectivity index (χ3n) is 7.23. The third-order valence-corrected chi connectivity index (χ3v) is 7.23. The van der Waals surface area contributed by atoms with Gasteiger partial charge in [-0.1, -0.05) is 146 Å². The van der Waals surface area contributed by atoms with Crippen LogP contribution in [-0.4, -0.2) is 0 Å². The maximum atomic E-state index is 7.28. The summed E-state index contributed by atoms with van der Waals surface area (Å²) in [5.41, 5.74) is 11.2. The molecule has 0 aliphatic carbocycles. The zero-order valence-electron chi connectivity index (χ0n) is 22.3. The predicted octanol–water partition coefficient (Wildman–Crippen LogP) is 10.8. The van der Waals surface area contributed by atoms with Crippen LogP contribution in [0, 0.1) is 13.8 Å². The van der Waals surface area contributed by atoms with Crippen LogP contribution in [0.1, 0.15) is 11.1 Å². The molecule has 1 heteroatoms. The molecule has 6 aromatic carbocycles. The molecule has 0 bridgehead atoms. The monoisotopic (exact) mass is 502 g/mol. The molecule has 0 heterocycles. The SMILES string of the molecule is Cc1ccc(-c2ccccc2)c(Oc2c(-c3ccccc3)ccc(C)c2-c2ccccc2)c1-c1ccccc1. The summed E-state index contributed by atoms with van der Waals surface area (Å²) in [6.45, 7) is 4.33. The van der Waals surface area contributed by atoms with E-state index < -0.39 is 0 Å². The van der Waals surface area contributed by atoms with Crippen molar-refractivity contribution in [2.24, 2.45) is 0 Å². The number of hydrogen-bond acceptors (Lipinski definition) is 1. The molecule has 0 spiro atoms. The number of ether oxygens (including phenoxy) is 1. The Balaban J connectivity index is 1.67. The van der Waals surface area contributed by atoms with Gasteiger partial charge in [0.15, 0.2) is 0 Å². The third kappa shape index (κ3) is 4.87. The van der Waals surface area contributed by atoms with E-state index in [0.717, 1.165) is 56.0 Å². The highest BCUT2D eigenvalue weighted by atomic mass is 16.5. The maximum absolute atomic E-state index is 7.28. The van der Waals surface area contributed by atoms with E-state index in [1.807, 2.05) is 0 Å². The van der Waals surface area contributed by atoms with Crippen molar-refractivity contribution in [3.8, 4) is 56.0 Å². The fraction of sp³-hybridized carbons (Fsp3) is 0.0526. The molecule has 0 amide bonds. The molecule has 0 N–H and O–H groups in total. The normalized spacial score (nSPS) is 10.8. The van der Waals surface area contributed by atoms with E-state index >= 15 is 0 Å². The van der Waals surface area contributed by atoms with Gasteiger partial charge in [0.1, 0.15) is 11.5 Å². The molecule has 0 saturated carbocycles. The van der Waals surface area contributed by atoms with E-state index in [9.17, 15) is 0 Å². The smallest absolute Gasteiger partial charge is 0.143 e. The van der Waals surface area contributed by atoms with Crippen LogP contribution < -0.4 is 4.74 Å². The van der Waals surface area contributed by atoms with Gasteiger partial charge < -0.3 is 4.74 Å². The summed E-state index contributed by atoms with van der Waals surface area (Å²) in [4.78, 5) is 0. The van der Waals surface area contributed by atoms with Gasteiger partial charge in [0.05, 0.1) is 0 Å². The van der Waals surface area contributed by atoms with Gasteiger partial charge >= 0.3 is 0 Å². The molecule has 6 rings (SSSR count). The lowest BCUT2D eigenvalue weighted by Gasteiger charge is -2.23. The molecule has 0 aromatic heterocycles. The minimum atomic E-state index is 0.868. The summed E-state index contributed by atoms with van der Waals surface area (Å²) in [6, 6.07) is 50.9. The van der Waals surface area contributed by atoms with Crippen molar-refractivity contribution in [1.82, 2.24) is 0 Å². The second kappa shape index (κ2) is 10.8. The van der Waals surface area contributed by atoms with E-state index in [4.69, 9.17) is 4.74 Å². The van der Waals surface area contributed by atoms with Gasteiger partial charge in [0.25, 0.3) is 0 Å². The predicted molar refractivity (Wildman–Crippen MR) is 164 cm³/mol. The van der Waals surface area contributed by atoms with Crippen LogP contribution in [0.25, 0.3) is 44.5 Å². The molecule has 0 aliphatic heterocycles. The summed E-state index contributed by atoms with van der Waals surface area (Å²) in [6.07, 6.45) is 0. The molecule has 0 atom stereocenters. The lowest BCUT2D eigenvalue weighted by molar-refractivity contribution is 0.489. The molecule has 188 valence electrons. The average Bonchev–Trinajstić information content (AvgIpc) is 2.99. The second-order valence-corrected chi connectivity index (χ2v) is 9.83. The number of rotatable bonds is 6. The highest BCUT2D eigenvalue weighted by Gasteiger charge is 2.22. The molecule has 39 heavy (non-hydrogen) atoms. The first-order chi connectivity index (χ1) is 19.2. The molecule has 6 aromatic rings. The molecule has 1 nitrogen and oxygen atoms in total. The largest absolute Gasteiger partial charge is 0.455 e. The first kappa shape index (κ1) is 24.5. The Morgan fingerprint density at radius 2 is 0.641 bits per heavy atom. The lowest BCUT2D eigenvalue weighted by atomic mass is 9.92. The number of benzene rings is 6. The molecule has 0 fully saturated rings. The standard InChI is InChI=1S/C38H30O/c1-27-23-25-33(29-15-7-3-8-16-29)37(35(27)31-19-11-5-12-20-31)39-38-34(30-17-9-4-10-18-30)26-24-28(2)36(38)32-21-13-6-14-22-32/h3-26H,1-2H3. The molecular weight excluding hydrogens is 472 g/mol. The molecule has 0 unspecified atom stereocenters. The fourth-order valence-electron chi connectivity index (χ4n) is 5.29. The van der Waals surface area contributed by atoms with Crippen LogP contribution in [0.15, 0.2) is 146 Å². The van der Waals surface area contributed by atoms with Crippen LogP contribution >= 0.6 is 0 Å². The van der Waals surface area contributed by atoms with Gasteiger partial charge in [-0.25, -0.2) is 0 Å². The topological polar surface area (TPSA) is 9.23 Å². The number of aryl methyl sites for hydroxylation is 2. The summed E-state index contributed by atoms with van der Waals surface area (Å²) in [5.74, 6) is 1.74. The zero-order valence-corrected chi connectivity index (χ0v) is 22.3. The van der Waals surface area contributed by atoms with Crippen molar-refractivity contribution in [3.05, 3.63) is 157 Å². The Kier molecular flexibility index (Phi) is 6.80. The minimum Gasteiger partial charge on any atom is -0.455 e. The van der Waals surface area contributed by atoms with Crippen molar-refractivity contribution < 1.29 is 4.74 Å². The van der Waals surface area contributed by atoms with Gasteiger partial charge in [0, 0.05) is 22.3 Å². The van der Waals surface area contributed by atoms with E-state index in [1.165, 1.54) is 11.1 Å². The van der Waals surface area contributed by atoms with Gasteiger partial charge in [0.2, 0.25) is 0 Å². The first-order valence-corrected chi connectivity index (χ1v) is 13.4. The minimum absolute atomic E-state index is 0.868. The maximum Gasteiger partial charge on any atom is 0.143 e. The Bertz CT molecular complexity index is 1570. The van der Waals surface area contributed by atoms with E-state index in [-0.39, 0.29) is 0 Å². The number of hydrogen-bond donors (Lipinski definition) is 0. The van der Waals surface area contributed by atoms with Crippen LogP contribution in [0.3, 0.4) is 0 Å². The van der Waals surface area contributed by atoms with Gasteiger partial charge in [-0.15, -0.1) is 0 Å². The molecule has 0 saturated heterocycles. The Morgan fingerprint density at radius 1 is 0.333 bits per heavy atom. The van der Waals surface area contributed by atoms with E-state index in [2.05, 4.69) is 159 Å². The summed E-state index contributed by atoms with van der Waals surface area (Å²) >= 11 is 0. The van der Waals surface area contributed by atoms with Gasteiger partial charge in [-0.05, 0) is 47.2 Å². The highest BCUT2D eigenvalue weighted by Crippen LogP contribution is 2.49. The Hall–Kier alpha value is -4.88. The van der Waals surface area contributed by atoms with Gasteiger partial charge in [-0.3, -0.25) is 0 Å². The second-order valence-electron chi connectivity index (χ2n) is 9.83. The summed E-state index contributed by atoms with van der Waals surface area (Å²) in [7, 11) is 0. The summed E-state index contributed by atoms with van der Waals surface area (Å²) in [5, 5.41) is 0. The van der Waals surface area contributed by atoms with E-state index in [1.54, 1.807) is 0 Å². The van der Waals surface area contributed by atoms with Crippen molar-refractivity contribution in [1.29, 1.82) is 0 Å². The van der Waals surface area contributed by atoms with Crippen LogP contribution in [-0.2, 0) is 0 Å². The zero-order chi connectivity index (χ0) is 26.6. The van der Waals surface area contributed by atoms with Gasteiger partial charge in [-0.2, -0.15) is 0 Å². The van der Waals surface area contributed by atoms with Crippen LogP contribution in [0.2, 0.25) is 0 Å². The van der Waals surface area contributed by atoms with E-state index in [0.29, 0.717) is 0 Å².